The van der Waals surface area contributed by atoms with Crippen LogP contribution in [0.4, 0.5) is 17.2 Å². The van der Waals surface area contributed by atoms with Gasteiger partial charge in [-0.3, -0.25) is 10.1 Å². The van der Waals surface area contributed by atoms with Crippen LogP contribution in [-0.2, 0) is 0 Å². The summed E-state index contributed by atoms with van der Waals surface area (Å²) < 4.78 is 1.03. The number of hydrogen-bond acceptors (Lipinski definition) is 6. The highest BCUT2D eigenvalue weighted by molar-refractivity contribution is 9.10. The van der Waals surface area contributed by atoms with E-state index in [-0.39, 0.29) is 10.6 Å². The number of piperidine rings is 1. The van der Waals surface area contributed by atoms with E-state index in [2.05, 4.69) is 36.4 Å². The van der Waals surface area contributed by atoms with Crippen molar-refractivity contribution < 1.29 is 4.92 Å². The molecule has 160 valence electrons. The van der Waals surface area contributed by atoms with Crippen LogP contribution < -0.4 is 15.5 Å². The summed E-state index contributed by atoms with van der Waals surface area (Å²) in [5.74, 6) is 0.916. The van der Waals surface area contributed by atoms with E-state index in [0.717, 1.165) is 48.3 Å². The van der Waals surface area contributed by atoms with Gasteiger partial charge >= 0.3 is 0 Å². The maximum absolute atomic E-state index is 10.9. The number of nitro benzene ring substituents is 1. The molecule has 1 unspecified atom stereocenters. The first kappa shape index (κ1) is 21.1. The molecular formula is C22H28BrN5O2. The van der Waals surface area contributed by atoms with Crippen molar-refractivity contribution in [1.29, 1.82) is 0 Å². The van der Waals surface area contributed by atoms with Gasteiger partial charge in [0.15, 0.2) is 0 Å². The average Bonchev–Trinajstić information content (AvgIpc) is 2.75. The third-order valence-corrected chi connectivity index (χ3v) is 6.61. The highest BCUT2D eigenvalue weighted by atomic mass is 79.9. The van der Waals surface area contributed by atoms with Crippen LogP contribution in [0.2, 0.25) is 0 Å². The van der Waals surface area contributed by atoms with Crippen LogP contribution in [0.15, 0.2) is 47.1 Å². The van der Waals surface area contributed by atoms with E-state index in [4.69, 9.17) is 0 Å². The summed E-state index contributed by atoms with van der Waals surface area (Å²) in [5, 5.41) is 18.5. The van der Waals surface area contributed by atoms with Crippen LogP contribution >= 0.6 is 15.9 Å². The van der Waals surface area contributed by atoms with Gasteiger partial charge < -0.3 is 15.5 Å². The van der Waals surface area contributed by atoms with Crippen molar-refractivity contribution in [2.45, 2.75) is 56.7 Å². The minimum Gasteiger partial charge on any atom is -0.370 e. The van der Waals surface area contributed by atoms with Gasteiger partial charge in [-0.25, -0.2) is 4.98 Å². The number of nitrogens with one attached hydrogen (secondary N) is 2. The van der Waals surface area contributed by atoms with E-state index < -0.39 is 0 Å². The van der Waals surface area contributed by atoms with E-state index in [1.807, 2.05) is 30.5 Å². The number of halogens is 1. The fourth-order valence-corrected chi connectivity index (χ4v) is 4.95. The van der Waals surface area contributed by atoms with E-state index in [1.54, 1.807) is 12.1 Å². The predicted octanol–water partition coefficient (Wildman–Crippen LogP) is 4.73. The van der Waals surface area contributed by atoms with E-state index in [0.29, 0.717) is 18.1 Å². The number of aromatic nitrogens is 1. The minimum absolute atomic E-state index is 0.141. The van der Waals surface area contributed by atoms with Gasteiger partial charge in [0.25, 0.3) is 5.69 Å². The van der Waals surface area contributed by atoms with Gasteiger partial charge in [-0.2, -0.15) is 0 Å². The molecule has 0 bridgehead atoms. The smallest absolute Gasteiger partial charge is 0.269 e. The normalized spacial score (nSPS) is 24.4. The maximum atomic E-state index is 10.9. The average molecular weight is 474 g/mol. The van der Waals surface area contributed by atoms with Crippen molar-refractivity contribution in [1.82, 2.24) is 10.3 Å². The zero-order valence-electron chi connectivity index (χ0n) is 17.0. The van der Waals surface area contributed by atoms with Gasteiger partial charge in [-0.15, -0.1) is 0 Å². The van der Waals surface area contributed by atoms with Crippen molar-refractivity contribution >= 4 is 33.1 Å². The van der Waals surface area contributed by atoms with Crippen molar-refractivity contribution in [2.75, 3.05) is 23.3 Å². The van der Waals surface area contributed by atoms with E-state index in [9.17, 15) is 10.1 Å². The molecule has 2 fully saturated rings. The van der Waals surface area contributed by atoms with Crippen molar-refractivity contribution in [3.8, 4) is 0 Å². The molecule has 3 atom stereocenters. The molecule has 0 amide bonds. The molecule has 2 aromatic rings. The molecule has 2 N–H and O–H groups in total. The second-order valence-electron chi connectivity index (χ2n) is 8.23. The fraction of sp³-hybridized carbons (Fsp3) is 0.500. The number of pyridine rings is 1. The van der Waals surface area contributed by atoms with E-state index in [1.165, 1.54) is 19.3 Å². The summed E-state index contributed by atoms with van der Waals surface area (Å²) in [6, 6.07) is 12.1. The van der Waals surface area contributed by atoms with Gasteiger partial charge in [0.1, 0.15) is 5.82 Å². The van der Waals surface area contributed by atoms with Crippen LogP contribution in [0.1, 0.15) is 38.5 Å². The molecule has 30 heavy (non-hydrogen) atoms. The predicted molar refractivity (Wildman–Crippen MR) is 123 cm³/mol. The third kappa shape index (κ3) is 5.29. The lowest BCUT2D eigenvalue weighted by molar-refractivity contribution is -0.384. The zero-order valence-corrected chi connectivity index (χ0v) is 18.6. The lowest BCUT2D eigenvalue weighted by atomic mass is 9.89. The van der Waals surface area contributed by atoms with Crippen LogP contribution in [-0.4, -0.2) is 41.1 Å². The molecule has 4 rings (SSSR count). The number of hydrogen-bond donors (Lipinski definition) is 2. The highest BCUT2D eigenvalue weighted by Gasteiger charge is 2.29. The largest absolute Gasteiger partial charge is 0.370 e. The zero-order chi connectivity index (χ0) is 20.9. The summed E-state index contributed by atoms with van der Waals surface area (Å²) in [7, 11) is 0. The van der Waals surface area contributed by atoms with Gasteiger partial charge in [-0.1, -0.05) is 28.8 Å². The molecule has 1 aliphatic carbocycles. The Morgan fingerprint density at radius 1 is 1.07 bits per heavy atom. The standard InChI is InChI=1S/C22H28BrN5O2/c23-16-11-12-24-22(14-16)26-21-6-2-1-5-20(21)25-17-4-3-13-27(15-17)18-7-9-19(10-8-18)28(29)30/h7-12,14,17,20-21,25H,1-6,13,15H2,(H,24,26)/t17?,20-,21-/m1/s1. The number of nitro groups is 1. The molecule has 2 aliphatic rings. The number of non-ortho nitro benzene ring substituents is 1. The van der Waals surface area contributed by atoms with Crippen LogP contribution in [0, 0.1) is 10.1 Å². The second-order valence-corrected chi connectivity index (χ2v) is 9.14. The van der Waals surface area contributed by atoms with Crippen molar-refractivity contribution in [3.05, 3.63) is 57.2 Å². The van der Waals surface area contributed by atoms with Crippen LogP contribution in [0.25, 0.3) is 0 Å². The molecule has 8 heteroatoms. The Balaban J connectivity index is 1.38. The number of benzene rings is 1. The monoisotopic (exact) mass is 473 g/mol. The second kappa shape index (κ2) is 9.75. The summed E-state index contributed by atoms with van der Waals surface area (Å²) >= 11 is 3.52. The van der Waals surface area contributed by atoms with Crippen molar-refractivity contribution in [2.24, 2.45) is 0 Å². The Hall–Kier alpha value is -2.19. The first-order chi connectivity index (χ1) is 14.6. The molecule has 1 saturated heterocycles. The molecule has 1 aromatic heterocycles. The van der Waals surface area contributed by atoms with Crippen molar-refractivity contribution in [3.63, 3.8) is 0 Å². The Morgan fingerprint density at radius 3 is 2.57 bits per heavy atom. The summed E-state index contributed by atoms with van der Waals surface area (Å²) in [5.41, 5.74) is 1.20. The number of rotatable bonds is 6. The molecule has 0 radical (unpaired) electrons. The first-order valence-electron chi connectivity index (χ1n) is 10.7. The SMILES string of the molecule is O=[N+]([O-])c1ccc(N2CCCC(N[C@@H]3CCCC[C@H]3Nc3cc(Br)ccn3)C2)cc1. The molecule has 1 aliphatic heterocycles. The van der Waals surface area contributed by atoms with Gasteiger partial charge in [0.2, 0.25) is 0 Å². The lowest BCUT2D eigenvalue weighted by Gasteiger charge is -2.40. The lowest BCUT2D eigenvalue weighted by Crippen LogP contribution is -2.54. The topological polar surface area (TPSA) is 83.3 Å². The summed E-state index contributed by atoms with van der Waals surface area (Å²) in [4.78, 5) is 17.4. The minimum atomic E-state index is -0.347. The van der Waals surface area contributed by atoms with Gasteiger partial charge in [0.05, 0.1) is 4.92 Å². The summed E-state index contributed by atoms with van der Waals surface area (Å²) in [6.45, 7) is 1.92. The van der Waals surface area contributed by atoms with Crippen LogP contribution in [0.5, 0.6) is 0 Å². The maximum Gasteiger partial charge on any atom is 0.269 e. The molecule has 7 nitrogen and oxygen atoms in total. The molecule has 1 saturated carbocycles. The Bertz CT molecular complexity index is 863. The molecular weight excluding hydrogens is 446 g/mol. The van der Waals surface area contributed by atoms with Gasteiger partial charge in [0, 0.05) is 59.7 Å². The molecule has 1 aromatic carbocycles. The Morgan fingerprint density at radius 2 is 1.83 bits per heavy atom. The number of anilines is 2. The fourth-order valence-electron chi connectivity index (χ4n) is 4.61. The first-order valence-corrected chi connectivity index (χ1v) is 11.5. The highest BCUT2D eigenvalue weighted by Crippen LogP contribution is 2.26. The number of nitrogens with zero attached hydrogens (tertiary/aromatic N) is 3. The van der Waals surface area contributed by atoms with Gasteiger partial charge in [-0.05, 0) is 49.9 Å². The Labute approximate surface area is 185 Å². The summed E-state index contributed by atoms with van der Waals surface area (Å²) in [6.07, 6.45) is 8.89. The quantitative estimate of drug-likeness (QED) is 0.465. The molecule has 0 spiro atoms. The third-order valence-electron chi connectivity index (χ3n) is 6.12. The van der Waals surface area contributed by atoms with Crippen LogP contribution in [0.3, 0.4) is 0 Å². The Kier molecular flexibility index (Phi) is 6.84. The molecule has 2 heterocycles. The van der Waals surface area contributed by atoms with E-state index >= 15 is 0 Å².